The van der Waals surface area contributed by atoms with Crippen LogP contribution in [0, 0.1) is 19.8 Å². The minimum atomic E-state index is 0.803. The summed E-state index contributed by atoms with van der Waals surface area (Å²) in [5.74, 6) is 0.803. The molecule has 1 saturated carbocycles. The molecule has 0 amide bonds. The average Bonchev–Trinajstić information content (AvgIpc) is 3.15. The van der Waals surface area contributed by atoms with E-state index in [-0.39, 0.29) is 0 Å². The zero-order valence-electron chi connectivity index (χ0n) is 12.1. The van der Waals surface area contributed by atoms with Gasteiger partial charge in [0, 0.05) is 6.04 Å². The zero-order chi connectivity index (χ0) is 13.0. The number of hydrogen-bond acceptors (Lipinski definition) is 1. The third kappa shape index (κ3) is 4.13. The molecule has 100 valence electrons. The van der Waals surface area contributed by atoms with Crippen LogP contribution in [-0.2, 0) is 6.42 Å². The molecule has 1 aliphatic rings. The average molecular weight is 245 g/mol. The molecule has 0 aliphatic heterocycles. The van der Waals surface area contributed by atoms with E-state index in [1.54, 1.807) is 0 Å². The van der Waals surface area contributed by atoms with Crippen LogP contribution in [0.15, 0.2) is 18.2 Å². The first kappa shape index (κ1) is 13.6. The van der Waals surface area contributed by atoms with Gasteiger partial charge in [-0.05, 0) is 68.7 Å². The van der Waals surface area contributed by atoms with E-state index in [0.717, 1.165) is 12.0 Å². The topological polar surface area (TPSA) is 12.0 Å². The van der Waals surface area contributed by atoms with Gasteiger partial charge in [-0.25, -0.2) is 0 Å². The normalized spacial score (nSPS) is 16.8. The second-order valence-corrected chi connectivity index (χ2v) is 5.96. The van der Waals surface area contributed by atoms with Crippen molar-refractivity contribution < 1.29 is 0 Å². The van der Waals surface area contributed by atoms with Crippen molar-refractivity contribution >= 4 is 0 Å². The SMILES string of the molecule is CCCC(CNC1CC1)Cc1ccc(C)c(C)c1. The smallest absolute Gasteiger partial charge is 0.00683 e. The minimum absolute atomic E-state index is 0.803. The molecule has 0 saturated heterocycles. The van der Waals surface area contributed by atoms with Gasteiger partial charge in [0.15, 0.2) is 0 Å². The molecule has 0 radical (unpaired) electrons. The second-order valence-electron chi connectivity index (χ2n) is 5.96. The van der Waals surface area contributed by atoms with Gasteiger partial charge in [0.25, 0.3) is 0 Å². The molecular formula is C17H27N. The third-order valence-electron chi connectivity index (χ3n) is 4.07. The molecule has 1 aliphatic carbocycles. The van der Waals surface area contributed by atoms with E-state index in [1.165, 1.54) is 55.3 Å². The quantitative estimate of drug-likeness (QED) is 0.765. The lowest BCUT2D eigenvalue weighted by atomic mass is 9.93. The standard InChI is InChI=1S/C17H27N/c1-4-5-16(12-18-17-8-9-17)11-15-7-6-13(2)14(3)10-15/h6-7,10,16-18H,4-5,8-9,11-12H2,1-3H3. The fraction of sp³-hybridized carbons (Fsp3) is 0.647. The van der Waals surface area contributed by atoms with E-state index in [4.69, 9.17) is 0 Å². The summed E-state index contributed by atoms with van der Waals surface area (Å²) in [5, 5.41) is 3.69. The van der Waals surface area contributed by atoms with Crippen LogP contribution in [0.2, 0.25) is 0 Å². The van der Waals surface area contributed by atoms with Gasteiger partial charge in [0.2, 0.25) is 0 Å². The Morgan fingerprint density at radius 3 is 2.61 bits per heavy atom. The lowest BCUT2D eigenvalue weighted by Gasteiger charge is -2.17. The van der Waals surface area contributed by atoms with Crippen LogP contribution < -0.4 is 5.32 Å². The first-order valence-electron chi connectivity index (χ1n) is 7.48. The first-order valence-corrected chi connectivity index (χ1v) is 7.48. The highest BCUT2D eigenvalue weighted by Gasteiger charge is 2.21. The fourth-order valence-corrected chi connectivity index (χ4v) is 2.57. The summed E-state index contributed by atoms with van der Waals surface area (Å²) in [5.41, 5.74) is 4.34. The van der Waals surface area contributed by atoms with Crippen molar-refractivity contribution in [3.8, 4) is 0 Å². The van der Waals surface area contributed by atoms with Gasteiger partial charge in [0.05, 0.1) is 0 Å². The molecule has 0 heterocycles. The molecule has 18 heavy (non-hydrogen) atoms. The highest BCUT2D eigenvalue weighted by atomic mass is 14.9. The van der Waals surface area contributed by atoms with Crippen molar-refractivity contribution in [3.05, 3.63) is 34.9 Å². The van der Waals surface area contributed by atoms with Crippen molar-refractivity contribution in [1.82, 2.24) is 5.32 Å². The van der Waals surface area contributed by atoms with Crippen molar-refractivity contribution in [2.45, 2.75) is 58.9 Å². The van der Waals surface area contributed by atoms with E-state index < -0.39 is 0 Å². The third-order valence-corrected chi connectivity index (χ3v) is 4.07. The van der Waals surface area contributed by atoms with E-state index in [1.807, 2.05) is 0 Å². The molecule has 0 bridgehead atoms. The van der Waals surface area contributed by atoms with Crippen molar-refractivity contribution in [3.63, 3.8) is 0 Å². The van der Waals surface area contributed by atoms with E-state index in [2.05, 4.69) is 44.3 Å². The molecule has 1 N–H and O–H groups in total. The monoisotopic (exact) mass is 245 g/mol. The van der Waals surface area contributed by atoms with Gasteiger partial charge >= 0.3 is 0 Å². The van der Waals surface area contributed by atoms with E-state index in [9.17, 15) is 0 Å². The highest BCUT2D eigenvalue weighted by molar-refractivity contribution is 5.30. The van der Waals surface area contributed by atoms with Crippen LogP contribution in [0.1, 0.15) is 49.3 Å². The lowest BCUT2D eigenvalue weighted by molar-refractivity contribution is 0.437. The molecular weight excluding hydrogens is 218 g/mol. The Kier molecular flexibility index (Phi) is 4.82. The van der Waals surface area contributed by atoms with Gasteiger partial charge in [-0.15, -0.1) is 0 Å². The summed E-state index contributed by atoms with van der Waals surface area (Å²) in [6.45, 7) is 7.91. The van der Waals surface area contributed by atoms with Crippen molar-refractivity contribution in [1.29, 1.82) is 0 Å². The number of nitrogens with one attached hydrogen (secondary N) is 1. The zero-order valence-corrected chi connectivity index (χ0v) is 12.1. The summed E-state index contributed by atoms with van der Waals surface area (Å²) >= 11 is 0. The molecule has 1 atom stereocenters. The Balaban J connectivity index is 1.90. The predicted molar refractivity (Wildman–Crippen MR) is 79.0 cm³/mol. The molecule has 1 nitrogen and oxygen atoms in total. The summed E-state index contributed by atoms with van der Waals surface area (Å²) in [6.07, 6.45) is 6.65. The van der Waals surface area contributed by atoms with Crippen molar-refractivity contribution in [2.75, 3.05) is 6.54 Å². The second kappa shape index (κ2) is 6.38. The summed E-state index contributed by atoms with van der Waals surface area (Å²) in [7, 11) is 0. The number of hydrogen-bond donors (Lipinski definition) is 1. The van der Waals surface area contributed by atoms with E-state index >= 15 is 0 Å². The van der Waals surface area contributed by atoms with Gasteiger partial charge in [-0.1, -0.05) is 31.5 Å². The molecule has 0 aromatic heterocycles. The number of rotatable bonds is 7. The maximum absolute atomic E-state index is 3.69. The maximum Gasteiger partial charge on any atom is 0.00683 e. The Bertz CT molecular complexity index is 379. The van der Waals surface area contributed by atoms with Gasteiger partial charge in [0.1, 0.15) is 0 Å². The molecule has 0 spiro atoms. The molecule has 1 aromatic rings. The minimum Gasteiger partial charge on any atom is -0.314 e. The van der Waals surface area contributed by atoms with Crippen LogP contribution in [0.5, 0.6) is 0 Å². The molecule has 1 aromatic carbocycles. The van der Waals surface area contributed by atoms with Gasteiger partial charge in [-0.2, -0.15) is 0 Å². The Hall–Kier alpha value is -0.820. The predicted octanol–water partition coefficient (Wildman–Crippen LogP) is 4.01. The Morgan fingerprint density at radius 1 is 1.22 bits per heavy atom. The molecule has 1 fully saturated rings. The van der Waals surface area contributed by atoms with E-state index in [0.29, 0.717) is 0 Å². The summed E-state index contributed by atoms with van der Waals surface area (Å²) in [6, 6.07) is 7.78. The number of aryl methyl sites for hydroxylation is 2. The fourth-order valence-electron chi connectivity index (χ4n) is 2.57. The molecule has 1 unspecified atom stereocenters. The van der Waals surface area contributed by atoms with Gasteiger partial charge < -0.3 is 5.32 Å². The largest absolute Gasteiger partial charge is 0.314 e. The Labute approximate surface area is 112 Å². The highest BCUT2D eigenvalue weighted by Crippen LogP contribution is 2.21. The summed E-state index contributed by atoms with van der Waals surface area (Å²) in [4.78, 5) is 0. The van der Waals surface area contributed by atoms with Crippen LogP contribution in [0.25, 0.3) is 0 Å². The first-order chi connectivity index (χ1) is 8.69. The lowest BCUT2D eigenvalue weighted by Crippen LogP contribution is -2.26. The van der Waals surface area contributed by atoms with Crippen LogP contribution in [0.4, 0.5) is 0 Å². The van der Waals surface area contributed by atoms with Crippen molar-refractivity contribution in [2.24, 2.45) is 5.92 Å². The van der Waals surface area contributed by atoms with Crippen LogP contribution in [-0.4, -0.2) is 12.6 Å². The van der Waals surface area contributed by atoms with Crippen LogP contribution in [0.3, 0.4) is 0 Å². The molecule has 2 rings (SSSR count). The van der Waals surface area contributed by atoms with Crippen LogP contribution >= 0.6 is 0 Å². The number of benzene rings is 1. The molecule has 1 heteroatoms. The summed E-state index contributed by atoms with van der Waals surface area (Å²) < 4.78 is 0. The van der Waals surface area contributed by atoms with Gasteiger partial charge in [-0.3, -0.25) is 0 Å². The Morgan fingerprint density at radius 2 is 2.00 bits per heavy atom. The maximum atomic E-state index is 3.69.